The molecular formula is C20H16N6O4. The normalized spacial score (nSPS) is 10.5. The van der Waals surface area contributed by atoms with E-state index in [0.717, 1.165) is 17.1 Å². The number of amides is 1. The Bertz CT molecular complexity index is 1200. The Balaban J connectivity index is 1.54. The molecule has 3 N–H and O–H groups in total. The molecule has 30 heavy (non-hydrogen) atoms. The van der Waals surface area contributed by atoms with Crippen LogP contribution in [0.3, 0.4) is 0 Å². The van der Waals surface area contributed by atoms with E-state index in [4.69, 9.17) is 4.42 Å². The standard InChI is InChI=1S/C20H16N6O4/c27-20(16-9-3-6-13-5-1-2-8-15(13)16)25-24-19-17(26(28)29)18(22-12-23-19)21-11-14-7-4-10-30-14/h1-10,12H,11H2,(H,25,27)(H2,21,22,23,24). The molecule has 0 spiro atoms. The highest BCUT2D eigenvalue weighted by atomic mass is 16.6. The van der Waals surface area contributed by atoms with Crippen molar-refractivity contribution in [2.45, 2.75) is 6.54 Å². The maximum absolute atomic E-state index is 12.7. The van der Waals surface area contributed by atoms with E-state index in [1.807, 2.05) is 30.3 Å². The van der Waals surface area contributed by atoms with Crippen LogP contribution in [0, 0.1) is 10.1 Å². The summed E-state index contributed by atoms with van der Waals surface area (Å²) >= 11 is 0. The smallest absolute Gasteiger partial charge is 0.354 e. The molecule has 0 unspecified atom stereocenters. The Morgan fingerprint density at radius 3 is 2.63 bits per heavy atom. The molecule has 0 radical (unpaired) electrons. The minimum absolute atomic E-state index is 0.00619. The zero-order chi connectivity index (χ0) is 20.9. The summed E-state index contributed by atoms with van der Waals surface area (Å²) < 4.78 is 5.20. The van der Waals surface area contributed by atoms with Gasteiger partial charge in [0, 0.05) is 5.56 Å². The first-order valence-corrected chi connectivity index (χ1v) is 8.93. The Morgan fingerprint density at radius 2 is 1.83 bits per heavy atom. The summed E-state index contributed by atoms with van der Waals surface area (Å²) in [4.78, 5) is 31.5. The van der Waals surface area contributed by atoms with Gasteiger partial charge in [-0.1, -0.05) is 36.4 Å². The third kappa shape index (κ3) is 3.87. The number of rotatable bonds is 7. The topological polar surface area (TPSA) is 135 Å². The molecule has 1 amide bonds. The molecule has 0 aliphatic carbocycles. The SMILES string of the molecule is O=C(NNc1ncnc(NCc2ccco2)c1[N+](=O)[O-])c1cccc2ccccc12. The third-order valence-corrected chi connectivity index (χ3v) is 4.34. The van der Waals surface area contributed by atoms with Crippen LogP contribution < -0.4 is 16.2 Å². The van der Waals surface area contributed by atoms with Gasteiger partial charge in [0.1, 0.15) is 12.1 Å². The van der Waals surface area contributed by atoms with Gasteiger partial charge < -0.3 is 9.73 Å². The number of carbonyl (C=O) groups is 1. The molecular weight excluding hydrogens is 388 g/mol. The Kier molecular flexibility index (Phi) is 5.20. The number of nitrogens with one attached hydrogen (secondary N) is 3. The van der Waals surface area contributed by atoms with E-state index in [-0.39, 0.29) is 18.2 Å². The van der Waals surface area contributed by atoms with Gasteiger partial charge in [-0.15, -0.1) is 0 Å². The number of nitro groups is 1. The summed E-state index contributed by atoms with van der Waals surface area (Å²) in [6, 6.07) is 16.2. The first-order chi connectivity index (χ1) is 14.6. The fraction of sp³-hybridized carbons (Fsp3) is 0.0500. The Labute approximate surface area is 170 Å². The van der Waals surface area contributed by atoms with Crippen molar-refractivity contribution in [3.63, 3.8) is 0 Å². The fourth-order valence-corrected chi connectivity index (χ4v) is 2.96. The lowest BCUT2D eigenvalue weighted by Crippen LogP contribution is -2.30. The van der Waals surface area contributed by atoms with Gasteiger partial charge in [-0.3, -0.25) is 25.8 Å². The highest BCUT2D eigenvalue weighted by molar-refractivity contribution is 6.07. The van der Waals surface area contributed by atoms with E-state index >= 15 is 0 Å². The lowest BCUT2D eigenvalue weighted by molar-refractivity contribution is -0.383. The van der Waals surface area contributed by atoms with E-state index in [0.29, 0.717) is 11.3 Å². The van der Waals surface area contributed by atoms with Crippen LogP contribution in [0.5, 0.6) is 0 Å². The summed E-state index contributed by atoms with van der Waals surface area (Å²) in [6.07, 6.45) is 2.66. The minimum Gasteiger partial charge on any atom is -0.467 e. The van der Waals surface area contributed by atoms with Gasteiger partial charge in [0.05, 0.1) is 17.7 Å². The van der Waals surface area contributed by atoms with Crippen LogP contribution in [-0.2, 0) is 6.54 Å². The summed E-state index contributed by atoms with van der Waals surface area (Å²) in [5.74, 6) is -0.0228. The predicted molar refractivity (Wildman–Crippen MR) is 110 cm³/mol. The summed E-state index contributed by atoms with van der Waals surface area (Å²) in [6.45, 7) is 0.201. The molecule has 0 aliphatic rings. The van der Waals surface area contributed by atoms with Crippen molar-refractivity contribution < 1.29 is 14.1 Å². The van der Waals surface area contributed by atoms with Crippen LogP contribution in [0.1, 0.15) is 16.1 Å². The summed E-state index contributed by atoms with van der Waals surface area (Å²) in [5, 5.41) is 16.1. The van der Waals surface area contributed by atoms with Gasteiger partial charge in [0.15, 0.2) is 0 Å². The molecule has 0 fully saturated rings. The molecule has 0 bridgehead atoms. The number of aromatic nitrogens is 2. The molecule has 10 heteroatoms. The molecule has 2 heterocycles. The molecule has 0 atom stereocenters. The number of nitrogens with zero attached hydrogens (tertiary/aromatic N) is 3. The molecule has 150 valence electrons. The van der Waals surface area contributed by atoms with Gasteiger partial charge >= 0.3 is 5.69 Å². The molecule has 4 rings (SSSR count). The van der Waals surface area contributed by atoms with Crippen LogP contribution in [-0.4, -0.2) is 20.8 Å². The van der Waals surface area contributed by atoms with Crippen LogP contribution in [0.2, 0.25) is 0 Å². The molecule has 2 aromatic heterocycles. The van der Waals surface area contributed by atoms with Crippen molar-refractivity contribution >= 4 is 34.0 Å². The lowest BCUT2D eigenvalue weighted by atomic mass is 10.0. The van der Waals surface area contributed by atoms with Crippen molar-refractivity contribution in [2.75, 3.05) is 10.7 Å². The lowest BCUT2D eigenvalue weighted by Gasteiger charge is -2.11. The highest BCUT2D eigenvalue weighted by Gasteiger charge is 2.23. The average molecular weight is 404 g/mol. The molecule has 4 aromatic rings. The second kappa shape index (κ2) is 8.27. The fourth-order valence-electron chi connectivity index (χ4n) is 2.96. The zero-order valence-electron chi connectivity index (χ0n) is 15.5. The third-order valence-electron chi connectivity index (χ3n) is 4.34. The van der Waals surface area contributed by atoms with E-state index in [2.05, 4.69) is 26.1 Å². The van der Waals surface area contributed by atoms with Crippen molar-refractivity contribution in [2.24, 2.45) is 0 Å². The first kappa shape index (κ1) is 18.9. The minimum atomic E-state index is -0.628. The number of anilines is 2. The van der Waals surface area contributed by atoms with Gasteiger partial charge in [-0.05, 0) is 29.0 Å². The van der Waals surface area contributed by atoms with Crippen molar-refractivity contribution in [3.05, 3.63) is 88.6 Å². The van der Waals surface area contributed by atoms with Crippen molar-refractivity contribution in [1.29, 1.82) is 0 Å². The Morgan fingerprint density at radius 1 is 1.03 bits per heavy atom. The molecule has 0 saturated carbocycles. The number of carbonyl (C=O) groups excluding carboxylic acids is 1. The summed E-state index contributed by atoms with van der Waals surface area (Å²) in [7, 11) is 0. The highest BCUT2D eigenvalue weighted by Crippen LogP contribution is 2.29. The van der Waals surface area contributed by atoms with E-state index < -0.39 is 16.5 Å². The second-order valence-corrected chi connectivity index (χ2v) is 6.22. The number of fused-ring (bicyclic) bond motifs is 1. The number of hydrogen-bond donors (Lipinski definition) is 3. The Hall–Kier alpha value is -4.47. The van der Waals surface area contributed by atoms with Gasteiger partial charge in [0.2, 0.25) is 11.6 Å². The number of hydrogen-bond acceptors (Lipinski definition) is 8. The molecule has 0 saturated heterocycles. The molecule has 0 aliphatic heterocycles. The number of benzene rings is 2. The van der Waals surface area contributed by atoms with Gasteiger partial charge in [-0.2, -0.15) is 0 Å². The van der Waals surface area contributed by atoms with Crippen LogP contribution >= 0.6 is 0 Å². The zero-order valence-corrected chi connectivity index (χ0v) is 15.5. The second-order valence-electron chi connectivity index (χ2n) is 6.22. The molecule has 10 nitrogen and oxygen atoms in total. The van der Waals surface area contributed by atoms with E-state index in [1.165, 1.54) is 6.26 Å². The number of hydrazine groups is 1. The average Bonchev–Trinajstić information content (AvgIpc) is 3.29. The largest absolute Gasteiger partial charge is 0.467 e. The van der Waals surface area contributed by atoms with Gasteiger partial charge in [-0.25, -0.2) is 9.97 Å². The van der Waals surface area contributed by atoms with Gasteiger partial charge in [0.25, 0.3) is 5.91 Å². The predicted octanol–water partition coefficient (Wildman–Crippen LogP) is 3.50. The van der Waals surface area contributed by atoms with E-state index in [9.17, 15) is 14.9 Å². The van der Waals surface area contributed by atoms with Crippen LogP contribution in [0.4, 0.5) is 17.3 Å². The van der Waals surface area contributed by atoms with Crippen LogP contribution in [0.15, 0.2) is 71.6 Å². The molecule has 2 aromatic carbocycles. The maximum atomic E-state index is 12.7. The van der Waals surface area contributed by atoms with E-state index in [1.54, 1.807) is 24.3 Å². The number of furan rings is 1. The maximum Gasteiger partial charge on any atom is 0.354 e. The summed E-state index contributed by atoms with van der Waals surface area (Å²) in [5.41, 5.74) is 5.03. The first-order valence-electron chi connectivity index (χ1n) is 8.93. The van der Waals surface area contributed by atoms with Crippen LogP contribution in [0.25, 0.3) is 10.8 Å². The van der Waals surface area contributed by atoms with Crippen molar-refractivity contribution in [1.82, 2.24) is 15.4 Å². The van der Waals surface area contributed by atoms with Crippen molar-refractivity contribution in [3.8, 4) is 0 Å². The quantitative estimate of drug-likeness (QED) is 0.315. The monoisotopic (exact) mass is 404 g/mol.